The van der Waals surface area contributed by atoms with Crippen LogP contribution in [0.15, 0.2) is 30.3 Å². The zero-order valence-electron chi connectivity index (χ0n) is 10.3. The Balaban J connectivity index is 2.27. The van der Waals surface area contributed by atoms with E-state index in [4.69, 9.17) is 34.8 Å². The second-order valence-corrected chi connectivity index (χ2v) is 6.55. The summed E-state index contributed by atoms with van der Waals surface area (Å²) in [5, 5.41) is 4.25. The van der Waals surface area contributed by atoms with Crippen molar-refractivity contribution in [3.05, 3.63) is 60.1 Å². The van der Waals surface area contributed by atoms with Crippen molar-refractivity contribution in [2.24, 2.45) is 0 Å². The molecule has 0 aliphatic heterocycles. The Bertz CT molecular complexity index is 688. The standard InChI is InChI=1S/C14H9Cl3INO/c1-7-4-11(17)13(6-9(7)15)19-14(20)8-2-3-12(18)10(16)5-8/h2-6H,1H3,(H,19,20). The van der Waals surface area contributed by atoms with Crippen LogP contribution in [0.4, 0.5) is 5.69 Å². The lowest BCUT2D eigenvalue weighted by Gasteiger charge is -2.10. The van der Waals surface area contributed by atoms with Gasteiger partial charge in [-0.05, 0) is 65.4 Å². The molecule has 1 N–H and O–H groups in total. The van der Waals surface area contributed by atoms with Crippen LogP contribution in [0.3, 0.4) is 0 Å². The van der Waals surface area contributed by atoms with E-state index in [1.165, 1.54) is 0 Å². The number of amides is 1. The topological polar surface area (TPSA) is 29.1 Å². The van der Waals surface area contributed by atoms with Crippen molar-refractivity contribution < 1.29 is 4.79 Å². The smallest absolute Gasteiger partial charge is 0.255 e. The predicted octanol–water partition coefficient (Wildman–Crippen LogP) is 5.81. The third-order valence-corrected chi connectivity index (χ3v) is 4.97. The van der Waals surface area contributed by atoms with Gasteiger partial charge in [0.1, 0.15) is 0 Å². The number of hydrogen-bond acceptors (Lipinski definition) is 1. The third kappa shape index (κ3) is 3.58. The van der Waals surface area contributed by atoms with Gasteiger partial charge in [-0.15, -0.1) is 0 Å². The van der Waals surface area contributed by atoms with Crippen LogP contribution < -0.4 is 5.32 Å². The molecule has 104 valence electrons. The Hall–Kier alpha value is -0.490. The van der Waals surface area contributed by atoms with Gasteiger partial charge in [-0.3, -0.25) is 4.79 Å². The van der Waals surface area contributed by atoms with E-state index < -0.39 is 0 Å². The van der Waals surface area contributed by atoms with Gasteiger partial charge in [0.15, 0.2) is 0 Å². The van der Waals surface area contributed by atoms with Crippen molar-refractivity contribution in [3.63, 3.8) is 0 Å². The number of aryl methyl sites for hydroxylation is 1. The Morgan fingerprint density at radius 2 is 1.75 bits per heavy atom. The Kier molecular flexibility index (Phi) is 5.18. The molecule has 2 rings (SSSR count). The van der Waals surface area contributed by atoms with E-state index in [0.29, 0.717) is 26.3 Å². The summed E-state index contributed by atoms with van der Waals surface area (Å²) in [6.07, 6.45) is 0. The third-order valence-electron chi connectivity index (χ3n) is 2.68. The molecule has 0 atom stereocenters. The van der Waals surface area contributed by atoms with Gasteiger partial charge < -0.3 is 5.32 Å². The fourth-order valence-corrected chi connectivity index (χ4v) is 2.52. The molecule has 0 unspecified atom stereocenters. The molecule has 0 spiro atoms. The zero-order valence-corrected chi connectivity index (χ0v) is 14.7. The first-order valence-electron chi connectivity index (χ1n) is 5.60. The minimum Gasteiger partial charge on any atom is -0.321 e. The Morgan fingerprint density at radius 3 is 2.40 bits per heavy atom. The number of halogens is 4. The van der Waals surface area contributed by atoms with Crippen LogP contribution in [-0.2, 0) is 0 Å². The van der Waals surface area contributed by atoms with Crippen molar-refractivity contribution in [2.75, 3.05) is 5.32 Å². The van der Waals surface area contributed by atoms with Gasteiger partial charge in [-0.1, -0.05) is 34.8 Å². The van der Waals surface area contributed by atoms with Crippen molar-refractivity contribution in [1.82, 2.24) is 0 Å². The molecule has 0 heterocycles. The van der Waals surface area contributed by atoms with Gasteiger partial charge in [0.2, 0.25) is 0 Å². The van der Waals surface area contributed by atoms with Crippen LogP contribution in [0.5, 0.6) is 0 Å². The monoisotopic (exact) mass is 439 g/mol. The normalized spacial score (nSPS) is 10.4. The number of hydrogen-bond donors (Lipinski definition) is 1. The maximum absolute atomic E-state index is 12.2. The molecule has 1 amide bonds. The number of anilines is 1. The first-order chi connectivity index (χ1) is 9.38. The summed E-state index contributed by atoms with van der Waals surface area (Å²) in [5.41, 5.74) is 1.79. The van der Waals surface area contributed by atoms with E-state index in [9.17, 15) is 4.79 Å². The molecule has 2 aromatic carbocycles. The van der Waals surface area contributed by atoms with Crippen LogP contribution in [0.25, 0.3) is 0 Å². The molecular formula is C14H9Cl3INO. The van der Waals surface area contributed by atoms with Gasteiger partial charge in [-0.2, -0.15) is 0 Å². The fraction of sp³-hybridized carbons (Fsp3) is 0.0714. The van der Waals surface area contributed by atoms with E-state index in [1.54, 1.807) is 30.3 Å². The number of benzene rings is 2. The molecule has 0 aliphatic carbocycles. The van der Waals surface area contributed by atoms with Crippen LogP contribution in [-0.4, -0.2) is 5.91 Å². The largest absolute Gasteiger partial charge is 0.321 e. The molecule has 0 aromatic heterocycles. The average Bonchev–Trinajstić information content (AvgIpc) is 2.39. The van der Waals surface area contributed by atoms with Gasteiger partial charge in [0.25, 0.3) is 5.91 Å². The van der Waals surface area contributed by atoms with Crippen molar-refractivity contribution in [1.29, 1.82) is 0 Å². The minimum atomic E-state index is -0.287. The van der Waals surface area contributed by atoms with Crippen molar-refractivity contribution >= 4 is 69.0 Å². The highest BCUT2D eigenvalue weighted by molar-refractivity contribution is 14.1. The summed E-state index contributed by atoms with van der Waals surface area (Å²) in [6.45, 7) is 1.85. The molecule has 0 saturated carbocycles. The lowest BCUT2D eigenvalue weighted by atomic mass is 10.2. The maximum Gasteiger partial charge on any atom is 0.255 e. The first-order valence-corrected chi connectivity index (χ1v) is 7.82. The van der Waals surface area contributed by atoms with Crippen molar-refractivity contribution in [3.8, 4) is 0 Å². The van der Waals surface area contributed by atoms with E-state index in [2.05, 4.69) is 27.9 Å². The second-order valence-electron chi connectivity index (χ2n) is 4.16. The summed E-state index contributed by atoms with van der Waals surface area (Å²) in [7, 11) is 0. The summed E-state index contributed by atoms with van der Waals surface area (Å²) in [6, 6.07) is 8.43. The molecule has 0 bridgehead atoms. The molecule has 0 radical (unpaired) electrons. The van der Waals surface area contributed by atoms with Crippen LogP contribution in [0, 0.1) is 10.5 Å². The molecule has 0 saturated heterocycles. The molecule has 6 heteroatoms. The molecule has 0 fully saturated rings. The van der Waals surface area contributed by atoms with Crippen LogP contribution in [0.2, 0.25) is 15.1 Å². The summed E-state index contributed by atoms with van der Waals surface area (Å²) < 4.78 is 0.886. The predicted molar refractivity (Wildman–Crippen MR) is 93.3 cm³/mol. The van der Waals surface area contributed by atoms with E-state index >= 15 is 0 Å². The number of rotatable bonds is 2. The first kappa shape index (κ1) is 15.9. The van der Waals surface area contributed by atoms with Gasteiger partial charge in [0.05, 0.1) is 15.7 Å². The zero-order chi connectivity index (χ0) is 14.9. The van der Waals surface area contributed by atoms with Crippen molar-refractivity contribution in [2.45, 2.75) is 6.92 Å². The molecule has 20 heavy (non-hydrogen) atoms. The fourth-order valence-electron chi connectivity index (χ4n) is 1.57. The highest BCUT2D eigenvalue weighted by atomic mass is 127. The highest BCUT2D eigenvalue weighted by Gasteiger charge is 2.11. The van der Waals surface area contributed by atoms with Crippen LogP contribution in [0.1, 0.15) is 15.9 Å². The SMILES string of the molecule is Cc1cc(Cl)c(NC(=O)c2ccc(I)c(Cl)c2)cc1Cl. The number of nitrogens with one attached hydrogen (secondary N) is 1. The number of carbonyl (C=O) groups is 1. The molecule has 2 nitrogen and oxygen atoms in total. The summed E-state index contributed by atoms with van der Waals surface area (Å²) >= 11 is 20.2. The molecular weight excluding hydrogens is 431 g/mol. The lowest BCUT2D eigenvalue weighted by Crippen LogP contribution is -2.12. The molecule has 0 aliphatic rings. The van der Waals surface area contributed by atoms with Gasteiger partial charge >= 0.3 is 0 Å². The van der Waals surface area contributed by atoms with E-state index in [1.807, 2.05) is 6.92 Å². The van der Waals surface area contributed by atoms with Crippen LogP contribution >= 0.6 is 57.4 Å². The summed E-state index contributed by atoms with van der Waals surface area (Å²) in [4.78, 5) is 12.2. The van der Waals surface area contributed by atoms with Gasteiger partial charge in [-0.25, -0.2) is 0 Å². The minimum absolute atomic E-state index is 0.287. The molecule has 2 aromatic rings. The second kappa shape index (κ2) is 6.52. The average molecular weight is 440 g/mol. The van der Waals surface area contributed by atoms with E-state index in [-0.39, 0.29) is 5.91 Å². The van der Waals surface area contributed by atoms with Gasteiger partial charge in [0, 0.05) is 14.2 Å². The Labute approximate surface area is 145 Å². The Morgan fingerprint density at radius 1 is 1.05 bits per heavy atom. The maximum atomic E-state index is 12.2. The summed E-state index contributed by atoms with van der Waals surface area (Å²) in [5.74, 6) is -0.287. The number of carbonyl (C=O) groups excluding carboxylic acids is 1. The lowest BCUT2D eigenvalue weighted by molar-refractivity contribution is 0.102. The van der Waals surface area contributed by atoms with E-state index in [0.717, 1.165) is 9.13 Å². The highest BCUT2D eigenvalue weighted by Crippen LogP contribution is 2.29. The quantitative estimate of drug-likeness (QED) is 0.587.